The van der Waals surface area contributed by atoms with Crippen LogP contribution in [0.4, 0.5) is 10.8 Å². The minimum absolute atomic E-state index is 0.00856. The molecule has 1 aliphatic heterocycles. The Bertz CT molecular complexity index is 888. The monoisotopic (exact) mass is 377 g/mol. The molecule has 1 aromatic heterocycles. The summed E-state index contributed by atoms with van der Waals surface area (Å²) in [5, 5.41) is 4.75. The Morgan fingerprint density at radius 1 is 1.17 bits per heavy atom. The number of anilines is 2. The fourth-order valence-electron chi connectivity index (χ4n) is 2.61. The van der Waals surface area contributed by atoms with Crippen molar-refractivity contribution in [3.05, 3.63) is 52.5 Å². The van der Waals surface area contributed by atoms with Crippen molar-refractivity contribution in [3.63, 3.8) is 0 Å². The van der Waals surface area contributed by atoms with Crippen LogP contribution in [0.2, 0.25) is 10.0 Å². The van der Waals surface area contributed by atoms with E-state index >= 15 is 0 Å². The average Bonchev–Trinajstić information content (AvgIpc) is 2.93. The fourth-order valence-corrected chi connectivity index (χ4v) is 3.90. The van der Waals surface area contributed by atoms with E-state index in [0.29, 0.717) is 28.8 Å². The summed E-state index contributed by atoms with van der Waals surface area (Å²) in [5.41, 5.74) is 1.66. The molecule has 122 valence electrons. The van der Waals surface area contributed by atoms with E-state index in [9.17, 15) is 4.79 Å². The van der Waals surface area contributed by atoms with E-state index in [1.54, 1.807) is 29.5 Å². The zero-order chi connectivity index (χ0) is 16.7. The molecule has 0 saturated carbocycles. The third-order valence-corrected chi connectivity index (χ3v) is 5.83. The SMILES string of the molecule is O=C(Nc1ccc(Cl)c(Cl)c1)C1CN(c2nc3ccccc3s2)C1. The Hall–Kier alpha value is -1.82. The number of benzene rings is 2. The average molecular weight is 378 g/mol. The summed E-state index contributed by atoms with van der Waals surface area (Å²) < 4.78 is 1.16. The topological polar surface area (TPSA) is 45.2 Å². The Labute approximate surface area is 153 Å². The third-order valence-electron chi connectivity index (χ3n) is 3.99. The van der Waals surface area contributed by atoms with Gasteiger partial charge in [-0.05, 0) is 30.3 Å². The molecule has 0 bridgehead atoms. The molecule has 2 aromatic carbocycles. The molecule has 0 atom stereocenters. The van der Waals surface area contributed by atoms with Gasteiger partial charge in [0.15, 0.2) is 5.13 Å². The molecule has 24 heavy (non-hydrogen) atoms. The smallest absolute Gasteiger partial charge is 0.231 e. The summed E-state index contributed by atoms with van der Waals surface area (Å²) >= 11 is 13.5. The first-order chi connectivity index (χ1) is 11.6. The summed E-state index contributed by atoms with van der Waals surface area (Å²) in [6.07, 6.45) is 0. The lowest BCUT2D eigenvalue weighted by Crippen LogP contribution is -2.52. The largest absolute Gasteiger partial charge is 0.346 e. The molecule has 0 spiro atoms. The van der Waals surface area contributed by atoms with Crippen molar-refractivity contribution < 1.29 is 4.79 Å². The standard InChI is InChI=1S/C17H13Cl2N3OS/c18-12-6-5-11(7-13(12)19)20-16(23)10-8-22(9-10)17-21-14-3-1-2-4-15(14)24-17/h1-7,10H,8-9H2,(H,20,23). The Balaban J connectivity index is 1.39. The minimum atomic E-state index is -0.0496. The van der Waals surface area contributed by atoms with Crippen LogP contribution in [0.1, 0.15) is 0 Å². The van der Waals surface area contributed by atoms with E-state index < -0.39 is 0 Å². The van der Waals surface area contributed by atoms with E-state index in [0.717, 1.165) is 15.3 Å². The highest BCUT2D eigenvalue weighted by Crippen LogP contribution is 2.33. The zero-order valence-electron chi connectivity index (χ0n) is 12.5. The van der Waals surface area contributed by atoms with Gasteiger partial charge in [0.05, 0.1) is 26.2 Å². The van der Waals surface area contributed by atoms with Gasteiger partial charge in [-0.2, -0.15) is 0 Å². The lowest BCUT2D eigenvalue weighted by Gasteiger charge is -2.37. The molecule has 3 aromatic rings. The van der Waals surface area contributed by atoms with Crippen LogP contribution in [0.15, 0.2) is 42.5 Å². The first-order valence-electron chi connectivity index (χ1n) is 7.46. The zero-order valence-corrected chi connectivity index (χ0v) is 14.8. The van der Waals surface area contributed by atoms with Crippen LogP contribution in [0.5, 0.6) is 0 Å². The van der Waals surface area contributed by atoms with Gasteiger partial charge >= 0.3 is 0 Å². The van der Waals surface area contributed by atoms with Crippen LogP contribution in [-0.4, -0.2) is 24.0 Å². The number of nitrogens with one attached hydrogen (secondary N) is 1. The van der Waals surface area contributed by atoms with Crippen LogP contribution >= 0.6 is 34.5 Å². The highest BCUT2D eigenvalue weighted by atomic mass is 35.5. The van der Waals surface area contributed by atoms with Crippen molar-refractivity contribution >= 4 is 61.5 Å². The second kappa shape index (κ2) is 6.24. The fraction of sp³-hybridized carbons (Fsp3) is 0.176. The number of thiazole rings is 1. The molecule has 2 heterocycles. The first-order valence-corrected chi connectivity index (χ1v) is 9.04. The molecule has 7 heteroatoms. The molecule has 1 fully saturated rings. The number of aromatic nitrogens is 1. The molecular weight excluding hydrogens is 365 g/mol. The molecule has 1 saturated heterocycles. The molecule has 0 radical (unpaired) electrons. The molecule has 1 aliphatic rings. The predicted octanol–water partition coefficient (Wildman–Crippen LogP) is 4.68. The van der Waals surface area contributed by atoms with E-state index in [-0.39, 0.29) is 11.8 Å². The van der Waals surface area contributed by atoms with E-state index in [4.69, 9.17) is 23.2 Å². The Morgan fingerprint density at radius 3 is 2.71 bits per heavy atom. The number of rotatable bonds is 3. The number of carbonyl (C=O) groups is 1. The van der Waals surface area contributed by atoms with Gasteiger partial charge in [-0.15, -0.1) is 0 Å². The molecule has 0 unspecified atom stereocenters. The van der Waals surface area contributed by atoms with E-state index in [2.05, 4.69) is 21.3 Å². The molecule has 4 nitrogen and oxygen atoms in total. The molecule has 0 aliphatic carbocycles. The number of carbonyl (C=O) groups excluding carboxylic acids is 1. The lowest BCUT2D eigenvalue weighted by atomic mass is 10.00. The Kier molecular flexibility index (Phi) is 4.08. The maximum Gasteiger partial charge on any atom is 0.231 e. The predicted molar refractivity (Wildman–Crippen MR) is 100 cm³/mol. The van der Waals surface area contributed by atoms with Crippen molar-refractivity contribution in [3.8, 4) is 0 Å². The Morgan fingerprint density at radius 2 is 1.96 bits per heavy atom. The lowest BCUT2D eigenvalue weighted by molar-refractivity contribution is -0.120. The van der Waals surface area contributed by atoms with Crippen molar-refractivity contribution in [1.29, 1.82) is 0 Å². The van der Waals surface area contributed by atoms with Gasteiger partial charge in [0.25, 0.3) is 0 Å². The first kappa shape index (κ1) is 15.7. The van der Waals surface area contributed by atoms with Gasteiger partial charge in [-0.3, -0.25) is 4.79 Å². The second-order valence-corrected chi connectivity index (χ2v) is 7.51. The number of hydrogen-bond acceptors (Lipinski definition) is 4. The molecule has 4 rings (SSSR count). The van der Waals surface area contributed by atoms with Gasteiger partial charge in [0, 0.05) is 18.8 Å². The van der Waals surface area contributed by atoms with Gasteiger partial charge in [0.1, 0.15) is 0 Å². The molecular formula is C17H13Cl2N3OS. The molecule has 1 N–H and O–H groups in total. The highest BCUT2D eigenvalue weighted by Gasteiger charge is 2.34. The van der Waals surface area contributed by atoms with Crippen LogP contribution in [0.25, 0.3) is 10.2 Å². The van der Waals surface area contributed by atoms with Gasteiger partial charge in [-0.25, -0.2) is 4.98 Å². The summed E-state index contributed by atoms with van der Waals surface area (Å²) in [5.74, 6) is -0.0581. The van der Waals surface area contributed by atoms with Crippen LogP contribution in [0.3, 0.4) is 0 Å². The summed E-state index contributed by atoms with van der Waals surface area (Å²) in [4.78, 5) is 19.1. The third kappa shape index (κ3) is 2.95. The number of halogens is 2. The number of amides is 1. The van der Waals surface area contributed by atoms with Crippen molar-refractivity contribution in [2.75, 3.05) is 23.3 Å². The van der Waals surface area contributed by atoms with Gasteiger partial charge in [-0.1, -0.05) is 46.7 Å². The molecule has 1 amide bonds. The number of hydrogen-bond donors (Lipinski definition) is 1. The van der Waals surface area contributed by atoms with Crippen molar-refractivity contribution in [2.45, 2.75) is 0 Å². The van der Waals surface area contributed by atoms with Crippen molar-refractivity contribution in [2.24, 2.45) is 5.92 Å². The minimum Gasteiger partial charge on any atom is -0.346 e. The number of fused-ring (bicyclic) bond motifs is 1. The maximum atomic E-state index is 12.3. The van der Waals surface area contributed by atoms with Gasteiger partial charge < -0.3 is 10.2 Å². The van der Waals surface area contributed by atoms with Crippen LogP contribution in [0, 0.1) is 5.92 Å². The maximum absolute atomic E-state index is 12.3. The van der Waals surface area contributed by atoms with Crippen LogP contribution < -0.4 is 10.2 Å². The van der Waals surface area contributed by atoms with Crippen LogP contribution in [-0.2, 0) is 4.79 Å². The van der Waals surface area contributed by atoms with Crippen molar-refractivity contribution in [1.82, 2.24) is 4.98 Å². The summed E-state index contributed by atoms with van der Waals surface area (Å²) in [6, 6.07) is 13.1. The quantitative estimate of drug-likeness (QED) is 0.720. The normalized spacial score (nSPS) is 14.7. The second-order valence-electron chi connectivity index (χ2n) is 5.68. The summed E-state index contributed by atoms with van der Waals surface area (Å²) in [7, 11) is 0. The summed E-state index contributed by atoms with van der Waals surface area (Å²) in [6.45, 7) is 1.35. The highest BCUT2D eigenvalue weighted by molar-refractivity contribution is 7.22. The van der Waals surface area contributed by atoms with E-state index in [1.165, 1.54) is 0 Å². The van der Waals surface area contributed by atoms with Gasteiger partial charge in [0.2, 0.25) is 5.91 Å². The number of nitrogens with zero attached hydrogens (tertiary/aromatic N) is 2. The van der Waals surface area contributed by atoms with E-state index in [1.807, 2.05) is 18.2 Å². The number of para-hydroxylation sites is 1.